The summed E-state index contributed by atoms with van der Waals surface area (Å²) in [5.41, 5.74) is 0.0318. The third kappa shape index (κ3) is 9.88. The average Bonchev–Trinajstić information content (AvgIpc) is 2.87. The molecule has 14 heteroatoms. The molecule has 0 aliphatic rings. The zero-order valence-corrected chi connectivity index (χ0v) is 22.6. The largest absolute Gasteiger partial charge is 0.446 e. The molecule has 3 aromatic carbocycles. The Morgan fingerprint density at radius 3 is 1.93 bits per heavy atom. The van der Waals surface area contributed by atoms with Crippen molar-refractivity contribution < 1.29 is 48.7 Å². The van der Waals surface area contributed by atoms with E-state index in [1.807, 2.05) is 0 Å². The van der Waals surface area contributed by atoms with Gasteiger partial charge < -0.3 is 10.6 Å². The Morgan fingerprint density at radius 2 is 1.46 bits per heavy atom. The number of halogens is 7. The molecule has 2 N–H and O–H groups in total. The molecule has 0 bridgehead atoms. The second-order valence-electron chi connectivity index (χ2n) is 9.05. The number of carbonyl (C=O) groups is 2. The van der Waals surface area contributed by atoms with Crippen LogP contribution in [0.2, 0.25) is 0 Å². The number of carbonyl (C=O) groups excluding carboxylic acids is 2. The van der Waals surface area contributed by atoms with E-state index in [1.165, 1.54) is 30.3 Å². The fourth-order valence-corrected chi connectivity index (χ4v) is 4.40. The van der Waals surface area contributed by atoms with Crippen molar-refractivity contribution in [3.05, 3.63) is 78.1 Å². The van der Waals surface area contributed by atoms with E-state index in [2.05, 4.69) is 10.6 Å². The molecule has 0 unspecified atom stereocenters. The topological polar surface area (TPSA) is 92.3 Å². The predicted molar refractivity (Wildman–Crippen MR) is 139 cm³/mol. The van der Waals surface area contributed by atoms with Crippen LogP contribution in [0.1, 0.15) is 19.4 Å². The van der Waals surface area contributed by atoms with Crippen LogP contribution in [-0.2, 0) is 25.6 Å². The number of benzene rings is 3. The lowest BCUT2D eigenvalue weighted by molar-refractivity contribution is -0.156. The number of aldehydes is 1. The average molecular weight is 607 g/mol. The van der Waals surface area contributed by atoms with Crippen LogP contribution in [-0.4, -0.2) is 39.1 Å². The summed E-state index contributed by atoms with van der Waals surface area (Å²) < 4.78 is 109. The van der Waals surface area contributed by atoms with Gasteiger partial charge in [0.15, 0.2) is 9.84 Å². The van der Waals surface area contributed by atoms with E-state index in [9.17, 15) is 43.9 Å². The molecule has 0 saturated carbocycles. The number of hydrogen-bond acceptors (Lipinski definition) is 5. The van der Waals surface area contributed by atoms with Crippen molar-refractivity contribution in [2.75, 3.05) is 16.9 Å². The van der Waals surface area contributed by atoms with E-state index in [1.54, 1.807) is 32.0 Å². The highest BCUT2D eigenvalue weighted by atomic mass is 32.2. The smallest absolute Gasteiger partial charge is 0.373 e. The van der Waals surface area contributed by atoms with Crippen LogP contribution in [0, 0.1) is 11.7 Å². The molecule has 0 fully saturated rings. The maximum absolute atomic E-state index is 14.9. The van der Waals surface area contributed by atoms with E-state index >= 15 is 0 Å². The summed E-state index contributed by atoms with van der Waals surface area (Å²) in [6.45, 7) is 3.48. The number of rotatable bonds is 7. The summed E-state index contributed by atoms with van der Waals surface area (Å²) in [6, 6.07) is 13.6. The molecule has 0 spiro atoms. The lowest BCUT2D eigenvalue weighted by atomic mass is 10.0. The molecule has 222 valence electrons. The molecule has 41 heavy (non-hydrogen) atoms. The minimum Gasteiger partial charge on any atom is -0.373 e. The Morgan fingerprint density at radius 1 is 0.902 bits per heavy atom. The van der Waals surface area contributed by atoms with Crippen molar-refractivity contribution in [3.8, 4) is 11.1 Å². The molecule has 6 nitrogen and oxygen atoms in total. The first-order chi connectivity index (χ1) is 18.8. The van der Waals surface area contributed by atoms with E-state index in [0.717, 1.165) is 24.5 Å². The first-order valence-corrected chi connectivity index (χ1v) is 13.6. The minimum atomic E-state index is -4.64. The van der Waals surface area contributed by atoms with Gasteiger partial charge >= 0.3 is 12.4 Å². The predicted octanol–water partition coefficient (Wildman–Crippen LogP) is 6.74. The van der Waals surface area contributed by atoms with Gasteiger partial charge in [-0.1, -0.05) is 38.1 Å². The van der Waals surface area contributed by atoms with Crippen LogP contribution >= 0.6 is 0 Å². The molecule has 0 aromatic heterocycles. The lowest BCUT2D eigenvalue weighted by Crippen LogP contribution is -2.39. The fraction of sp³-hybridized carbons (Fsp3) is 0.259. The normalized spacial score (nSPS) is 12.7. The maximum atomic E-state index is 14.9. The second kappa shape index (κ2) is 13.1. The fourth-order valence-electron chi connectivity index (χ4n) is 3.49. The quantitative estimate of drug-likeness (QED) is 0.230. The number of hydrogen-bond donors (Lipinski definition) is 2. The van der Waals surface area contributed by atoms with Gasteiger partial charge in [0.2, 0.25) is 12.2 Å². The zero-order chi connectivity index (χ0) is 31.2. The Hall–Kier alpha value is -3.94. The zero-order valence-electron chi connectivity index (χ0n) is 21.8. The van der Waals surface area contributed by atoms with Crippen molar-refractivity contribution in [1.29, 1.82) is 0 Å². The molecular weight excluding hydrogens is 581 g/mol. The molecule has 0 saturated heterocycles. The van der Waals surface area contributed by atoms with Gasteiger partial charge in [-0.3, -0.25) is 9.59 Å². The Kier molecular flexibility index (Phi) is 10.7. The van der Waals surface area contributed by atoms with Crippen molar-refractivity contribution in [3.63, 3.8) is 0 Å². The summed E-state index contributed by atoms with van der Waals surface area (Å²) in [5.74, 6) is -1.62. The first-order valence-electron chi connectivity index (χ1n) is 11.7. The first kappa shape index (κ1) is 33.3. The number of alkyl halides is 6. The number of sulfone groups is 1. The summed E-state index contributed by atoms with van der Waals surface area (Å²) in [7, 11) is -3.55. The Labute approximate surface area is 231 Å². The van der Waals surface area contributed by atoms with Crippen molar-refractivity contribution in [2.45, 2.75) is 37.1 Å². The van der Waals surface area contributed by atoms with Crippen LogP contribution < -0.4 is 10.6 Å². The highest BCUT2D eigenvalue weighted by molar-refractivity contribution is 7.90. The summed E-state index contributed by atoms with van der Waals surface area (Å²) in [4.78, 5) is 21.6. The number of nitrogens with one attached hydrogen (secondary N) is 2. The number of anilines is 2. The highest BCUT2D eigenvalue weighted by Crippen LogP contribution is 2.31. The van der Waals surface area contributed by atoms with Gasteiger partial charge in [-0.05, 0) is 53.9 Å². The molecule has 1 atom stereocenters. The summed E-state index contributed by atoms with van der Waals surface area (Å²) >= 11 is 0. The third-order valence-corrected chi connectivity index (χ3v) is 6.60. The van der Waals surface area contributed by atoms with Gasteiger partial charge in [-0.2, -0.15) is 26.3 Å². The Bertz CT molecular complexity index is 1470. The molecular formula is C27H25F7N2O4S. The third-order valence-electron chi connectivity index (χ3n) is 5.44. The van der Waals surface area contributed by atoms with Crippen LogP contribution in [0.25, 0.3) is 11.1 Å². The van der Waals surface area contributed by atoms with Crippen LogP contribution in [0.5, 0.6) is 0 Å². The van der Waals surface area contributed by atoms with Crippen LogP contribution in [0.3, 0.4) is 0 Å². The van der Waals surface area contributed by atoms with E-state index < -0.39 is 51.8 Å². The van der Waals surface area contributed by atoms with E-state index in [4.69, 9.17) is 4.79 Å². The van der Waals surface area contributed by atoms with Crippen molar-refractivity contribution >= 4 is 33.4 Å². The van der Waals surface area contributed by atoms with Gasteiger partial charge in [0, 0.05) is 17.5 Å². The molecule has 0 radical (unpaired) electrons. The van der Waals surface area contributed by atoms with Crippen LogP contribution in [0.15, 0.2) is 71.6 Å². The van der Waals surface area contributed by atoms with E-state index in [0.29, 0.717) is 16.8 Å². The van der Waals surface area contributed by atoms with Gasteiger partial charge in [-0.15, -0.1) is 0 Å². The van der Waals surface area contributed by atoms with Gasteiger partial charge in [0.05, 0.1) is 16.1 Å². The van der Waals surface area contributed by atoms with Crippen molar-refractivity contribution in [1.82, 2.24) is 0 Å². The molecule has 0 heterocycles. The SMILES string of the molecule is CC(C)[C@@H](Nc1ccc(C(F)(F)F)cc1)C(=O)Nc1ccc(-c2ccccc2S(C)(=O)=O)cc1F.O=CC(F)(F)F. The number of amides is 1. The molecule has 1 amide bonds. The molecule has 0 aliphatic carbocycles. The van der Waals surface area contributed by atoms with Gasteiger partial charge in [0.1, 0.15) is 11.9 Å². The van der Waals surface area contributed by atoms with Gasteiger partial charge in [-0.25, -0.2) is 12.8 Å². The summed E-state index contributed by atoms with van der Waals surface area (Å²) in [5, 5.41) is 5.39. The second-order valence-corrected chi connectivity index (χ2v) is 11.0. The lowest BCUT2D eigenvalue weighted by Gasteiger charge is -2.23. The maximum Gasteiger partial charge on any atom is 0.446 e. The van der Waals surface area contributed by atoms with Crippen molar-refractivity contribution in [2.24, 2.45) is 5.92 Å². The monoisotopic (exact) mass is 606 g/mol. The summed E-state index contributed by atoms with van der Waals surface area (Å²) in [6.07, 6.45) is -9.11. The molecule has 3 aromatic rings. The molecule has 3 rings (SSSR count). The standard InChI is InChI=1S/C25H24F4N2O3S.C2HF3O/c1-15(2)23(30-18-11-9-17(10-12-18)25(27,28)29)24(32)31-21-13-8-16(14-20(21)26)19-6-4-5-7-22(19)35(3,33)34;3-2(4,5)1-6/h4-15,23,30H,1-3H3,(H,31,32);1H/t23-;/m1./s1. The highest BCUT2D eigenvalue weighted by Gasteiger charge is 2.30. The minimum absolute atomic E-state index is 0.0526. The van der Waals surface area contributed by atoms with E-state index in [-0.39, 0.29) is 16.5 Å². The molecule has 0 aliphatic heterocycles. The van der Waals surface area contributed by atoms with Crippen LogP contribution in [0.4, 0.5) is 42.1 Å². The Balaban J connectivity index is 0.000000883. The van der Waals surface area contributed by atoms with Gasteiger partial charge in [0.25, 0.3) is 0 Å².